The zero-order chi connectivity index (χ0) is 13.0. The fraction of sp³-hybridized carbons (Fsp3) is 0.643. The first-order valence-electron chi connectivity index (χ1n) is 6.70. The third kappa shape index (κ3) is 3.75. The minimum absolute atomic E-state index is 0.425. The Kier molecular flexibility index (Phi) is 5.13. The molecule has 1 aromatic rings. The number of amidine groups is 1. The Morgan fingerprint density at radius 2 is 2.33 bits per heavy atom. The monoisotopic (exact) mass is 282 g/mol. The molecule has 4 heteroatoms. The highest BCUT2D eigenvalue weighted by molar-refractivity contribution is 8.14. The molecule has 0 amide bonds. The van der Waals surface area contributed by atoms with Crippen molar-refractivity contribution in [3.63, 3.8) is 0 Å². The minimum Gasteiger partial charge on any atom is -0.357 e. The zero-order valence-electron chi connectivity index (χ0n) is 11.3. The van der Waals surface area contributed by atoms with Crippen LogP contribution in [0.2, 0.25) is 0 Å². The highest BCUT2D eigenvalue weighted by Gasteiger charge is 2.22. The van der Waals surface area contributed by atoms with E-state index >= 15 is 0 Å². The number of nitrogens with one attached hydrogen (secondary N) is 1. The number of thioether (sulfide) groups is 1. The van der Waals surface area contributed by atoms with Gasteiger partial charge in [-0.1, -0.05) is 38.6 Å². The van der Waals surface area contributed by atoms with Crippen molar-refractivity contribution in [1.29, 1.82) is 0 Å². The van der Waals surface area contributed by atoms with Crippen LogP contribution in [0.25, 0.3) is 0 Å². The predicted molar refractivity (Wildman–Crippen MR) is 83.6 cm³/mol. The van der Waals surface area contributed by atoms with E-state index in [1.807, 2.05) is 23.1 Å². The van der Waals surface area contributed by atoms with Gasteiger partial charge in [0.05, 0.1) is 12.6 Å². The normalized spacial score (nSPS) is 21.1. The molecule has 1 aromatic heterocycles. The second-order valence-corrected chi connectivity index (χ2v) is 7.40. The molecule has 1 N–H and O–H groups in total. The molecule has 0 fully saturated rings. The van der Waals surface area contributed by atoms with Crippen LogP contribution in [0.3, 0.4) is 0 Å². The minimum atomic E-state index is 0.425. The van der Waals surface area contributed by atoms with Crippen molar-refractivity contribution in [3.8, 4) is 0 Å². The predicted octanol–water partition coefficient (Wildman–Crippen LogP) is 4.31. The van der Waals surface area contributed by atoms with Crippen molar-refractivity contribution in [2.24, 2.45) is 10.9 Å². The average Bonchev–Trinajstić information content (AvgIpc) is 2.96. The Balaban J connectivity index is 1.87. The SMILES string of the molecule is CCC(NC1=NCC(CC(C)C)S1)c1cccs1. The fourth-order valence-corrected chi connectivity index (χ4v) is 4.32. The van der Waals surface area contributed by atoms with Crippen LogP contribution in [0.4, 0.5) is 0 Å². The topological polar surface area (TPSA) is 24.4 Å². The van der Waals surface area contributed by atoms with Crippen LogP contribution in [0.5, 0.6) is 0 Å². The summed E-state index contributed by atoms with van der Waals surface area (Å²) in [6.07, 6.45) is 2.37. The molecule has 1 aliphatic rings. The quantitative estimate of drug-likeness (QED) is 0.870. The lowest BCUT2D eigenvalue weighted by Crippen LogP contribution is -2.24. The molecule has 100 valence electrons. The molecule has 0 bridgehead atoms. The number of nitrogens with zero attached hydrogens (tertiary/aromatic N) is 1. The maximum absolute atomic E-state index is 4.64. The van der Waals surface area contributed by atoms with E-state index in [9.17, 15) is 0 Å². The van der Waals surface area contributed by atoms with E-state index in [4.69, 9.17) is 0 Å². The molecule has 2 heterocycles. The molecule has 0 radical (unpaired) electrons. The smallest absolute Gasteiger partial charge is 0.157 e. The Bertz CT molecular complexity index is 385. The number of hydrogen-bond acceptors (Lipinski definition) is 4. The van der Waals surface area contributed by atoms with E-state index in [1.54, 1.807) is 0 Å². The second-order valence-electron chi connectivity index (χ2n) is 5.14. The summed E-state index contributed by atoms with van der Waals surface area (Å²) in [7, 11) is 0. The van der Waals surface area contributed by atoms with Crippen LogP contribution >= 0.6 is 23.1 Å². The van der Waals surface area contributed by atoms with Gasteiger partial charge in [-0.05, 0) is 30.2 Å². The lowest BCUT2D eigenvalue weighted by Gasteiger charge is -2.17. The molecule has 2 unspecified atom stereocenters. The molecule has 2 atom stereocenters. The molecule has 18 heavy (non-hydrogen) atoms. The largest absolute Gasteiger partial charge is 0.357 e. The van der Waals surface area contributed by atoms with E-state index in [1.165, 1.54) is 11.3 Å². The van der Waals surface area contributed by atoms with Crippen molar-refractivity contribution in [2.45, 2.75) is 44.9 Å². The molecule has 1 aliphatic heterocycles. The number of thiophene rings is 1. The van der Waals surface area contributed by atoms with Crippen LogP contribution in [0, 0.1) is 5.92 Å². The molecule has 0 spiro atoms. The van der Waals surface area contributed by atoms with Gasteiger partial charge in [-0.3, -0.25) is 4.99 Å². The Morgan fingerprint density at radius 3 is 2.94 bits per heavy atom. The summed E-state index contributed by atoms with van der Waals surface area (Å²) in [5, 5.41) is 7.55. The maximum Gasteiger partial charge on any atom is 0.157 e. The van der Waals surface area contributed by atoms with Crippen molar-refractivity contribution in [2.75, 3.05) is 6.54 Å². The fourth-order valence-electron chi connectivity index (χ4n) is 2.16. The number of rotatable bonds is 5. The Labute approximate surface area is 118 Å². The lowest BCUT2D eigenvalue weighted by molar-refractivity contribution is 0.575. The van der Waals surface area contributed by atoms with Gasteiger partial charge in [0.25, 0.3) is 0 Å². The van der Waals surface area contributed by atoms with E-state index in [-0.39, 0.29) is 0 Å². The van der Waals surface area contributed by atoms with Gasteiger partial charge in [0, 0.05) is 10.1 Å². The Morgan fingerprint density at radius 1 is 1.50 bits per heavy atom. The molecule has 0 aliphatic carbocycles. The summed E-state index contributed by atoms with van der Waals surface area (Å²) in [5.41, 5.74) is 0. The number of hydrogen-bond donors (Lipinski definition) is 1. The van der Waals surface area contributed by atoms with E-state index in [2.05, 4.69) is 48.6 Å². The van der Waals surface area contributed by atoms with Crippen LogP contribution < -0.4 is 5.32 Å². The maximum atomic E-state index is 4.64. The van der Waals surface area contributed by atoms with Crippen molar-refractivity contribution in [1.82, 2.24) is 5.32 Å². The van der Waals surface area contributed by atoms with Crippen LogP contribution in [-0.2, 0) is 0 Å². The Hall–Kier alpha value is -0.480. The highest BCUT2D eigenvalue weighted by Crippen LogP contribution is 2.28. The van der Waals surface area contributed by atoms with Gasteiger partial charge in [0.1, 0.15) is 0 Å². The zero-order valence-corrected chi connectivity index (χ0v) is 13.0. The molecule has 2 rings (SSSR count). The van der Waals surface area contributed by atoms with Crippen molar-refractivity contribution in [3.05, 3.63) is 22.4 Å². The van der Waals surface area contributed by atoms with Gasteiger partial charge in [-0.15, -0.1) is 11.3 Å². The molecule has 0 saturated heterocycles. The summed E-state index contributed by atoms with van der Waals surface area (Å²) in [6, 6.07) is 4.75. The van der Waals surface area contributed by atoms with Crippen molar-refractivity contribution >= 4 is 28.3 Å². The first kappa shape index (κ1) is 13.9. The molecule has 0 saturated carbocycles. The standard InChI is InChI=1S/C14H22N2S2/c1-4-12(13-6-5-7-17-13)16-14-15-9-11(18-14)8-10(2)3/h5-7,10-12H,4,8-9H2,1-3H3,(H,15,16). The average molecular weight is 282 g/mol. The second kappa shape index (κ2) is 6.62. The summed E-state index contributed by atoms with van der Waals surface area (Å²) >= 11 is 3.75. The third-order valence-electron chi connectivity index (χ3n) is 3.04. The van der Waals surface area contributed by atoms with Gasteiger partial charge in [-0.25, -0.2) is 0 Å². The van der Waals surface area contributed by atoms with E-state index in [0.29, 0.717) is 11.3 Å². The van der Waals surface area contributed by atoms with Crippen molar-refractivity contribution < 1.29 is 0 Å². The van der Waals surface area contributed by atoms with Crippen LogP contribution in [0.1, 0.15) is 44.5 Å². The first-order valence-corrected chi connectivity index (χ1v) is 8.46. The van der Waals surface area contributed by atoms with Gasteiger partial charge in [-0.2, -0.15) is 0 Å². The van der Waals surface area contributed by atoms with Gasteiger partial charge in [0.2, 0.25) is 0 Å². The first-order chi connectivity index (χ1) is 8.69. The summed E-state index contributed by atoms with van der Waals surface area (Å²) in [6.45, 7) is 7.77. The van der Waals surface area contributed by atoms with Crippen LogP contribution in [0.15, 0.2) is 22.5 Å². The highest BCUT2D eigenvalue weighted by atomic mass is 32.2. The summed E-state index contributed by atoms with van der Waals surface area (Å²) in [5.74, 6) is 0.760. The van der Waals surface area contributed by atoms with Gasteiger partial charge >= 0.3 is 0 Å². The third-order valence-corrected chi connectivity index (χ3v) is 5.17. The molecule has 2 nitrogen and oxygen atoms in total. The van der Waals surface area contributed by atoms with Gasteiger partial charge in [0.15, 0.2) is 5.17 Å². The van der Waals surface area contributed by atoms with E-state index in [0.717, 1.165) is 24.1 Å². The van der Waals surface area contributed by atoms with E-state index < -0.39 is 0 Å². The molecular formula is C14H22N2S2. The molecular weight excluding hydrogens is 260 g/mol. The molecule has 0 aromatic carbocycles. The summed E-state index contributed by atoms with van der Waals surface area (Å²) in [4.78, 5) is 6.05. The van der Waals surface area contributed by atoms with Gasteiger partial charge < -0.3 is 5.32 Å². The lowest BCUT2D eigenvalue weighted by atomic mass is 10.1. The summed E-state index contributed by atoms with van der Waals surface area (Å²) < 4.78 is 0. The van der Waals surface area contributed by atoms with Crippen LogP contribution in [-0.4, -0.2) is 17.0 Å². The number of aliphatic imine (C=N–C) groups is 1.